The molecule has 0 fully saturated rings. The van der Waals surface area contributed by atoms with Crippen molar-refractivity contribution in [3.8, 4) is 0 Å². The smallest absolute Gasteiger partial charge is 0.184 e. The summed E-state index contributed by atoms with van der Waals surface area (Å²) in [4.78, 5) is 0. The summed E-state index contributed by atoms with van der Waals surface area (Å²) in [6.45, 7) is 19.2. The maximum Gasteiger partial charge on any atom is 0.184 e. The third-order valence-electron chi connectivity index (χ3n) is 3.95. The van der Waals surface area contributed by atoms with Crippen LogP contribution in [0, 0.1) is 5.92 Å². The minimum absolute atomic E-state index is 0.513. The molecule has 0 saturated carbocycles. The van der Waals surface area contributed by atoms with E-state index in [1.165, 1.54) is 37.8 Å². The van der Waals surface area contributed by atoms with E-state index in [9.17, 15) is 0 Å². The van der Waals surface area contributed by atoms with Crippen LogP contribution >= 0.6 is 0 Å². The molecule has 0 aromatic rings. The van der Waals surface area contributed by atoms with Crippen molar-refractivity contribution in [1.29, 1.82) is 0 Å². The first-order valence-electron chi connectivity index (χ1n) is 8.31. The zero-order valence-electron chi connectivity index (χ0n) is 14.8. The highest BCUT2D eigenvalue weighted by molar-refractivity contribution is 6.92. The number of rotatable bonds is 10. The minimum atomic E-state index is -1.45. The van der Waals surface area contributed by atoms with Gasteiger partial charge in [0.25, 0.3) is 0 Å². The van der Waals surface area contributed by atoms with E-state index in [0.717, 1.165) is 5.92 Å². The van der Waals surface area contributed by atoms with E-state index in [0.29, 0.717) is 6.10 Å². The van der Waals surface area contributed by atoms with Gasteiger partial charge in [0, 0.05) is 14.2 Å². The third-order valence-corrected chi connectivity index (χ3v) is 12.6. The van der Waals surface area contributed by atoms with E-state index in [1.807, 2.05) is 0 Å². The Morgan fingerprint density at radius 2 is 1.32 bits per heavy atom. The van der Waals surface area contributed by atoms with Crippen LogP contribution in [0.5, 0.6) is 0 Å². The summed E-state index contributed by atoms with van der Waals surface area (Å²) in [6.07, 6.45) is 6.96. The summed E-state index contributed by atoms with van der Waals surface area (Å²) in [6, 6.07) is 0. The molecule has 0 aliphatic rings. The molecule has 0 heterocycles. The van der Waals surface area contributed by atoms with E-state index in [2.05, 4.69) is 53.5 Å². The topological polar surface area (TPSA) is 9.23 Å². The molecule has 0 N–H and O–H groups in total. The fourth-order valence-corrected chi connectivity index (χ4v) is 15.0. The van der Waals surface area contributed by atoms with Gasteiger partial charge in [-0.3, -0.25) is 0 Å². The molecule has 0 spiro atoms. The molecule has 116 valence electrons. The normalized spacial score (nSPS) is 15.0. The fraction of sp³-hybridized carbons (Fsp3) is 1.00. The van der Waals surface area contributed by atoms with Gasteiger partial charge in [-0.2, -0.15) is 0 Å². The quantitative estimate of drug-likeness (QED) is 0.444. The van der Waals surface area contributed by atoms with Crippen LogP contribution in [0.2, 0.25) is 38.4 Å². The van der Waals surface area contributed by atoms with Crippen LogP contribution in [-0.4, -0.2) is 22.5 Å². The van der Waals surface area contributed by atoms with Gasteiger partial charge in [0.05, 0.1) is 0 Å². The minimum Gasteiger partial charge on any atom is -0.415 e. The maximum atomic E-state index is 6.58. The molecule has 0 aliphatic carbocycles. The van der Waals surface area contributed by atoms with Crippen molar-refractivity contribution >= 4 is 16.4 Å². The molecule has 0 radical (unpaired) electrons. The van der Waals surface area contributed by atoms with E-state index in [-0.39, 0.29) is 0 Å². The van der Waals surface area contributed by atoms with E-state index >= 15 is 0 Å². The SMILES string of the molecule is CCC(CC)CCC(CC)O[Si](C)(C)C[Si](C)(C)C. The predicted molar refractivity (Wildman–Crippen MR) is 94.1 cm³/mol. The van der Waals surface area contributed by atoms with Gasteiger partial charge in [-0.25, -0.2) is 0 Å². The van der Waals surface area contributed by atoms with Crippen LogP contribution in [0.25, 0.3) is 0 Å². The predicted octanol–water partition coefficient (Wildman–Crippen LogP) is 6.08. The molecular formula is C16H38OSi2. The Hall–Kier alpha value is 0.394. The van der Waals surface area contributed by atoms with Crippen molar-refractivity contribution in [1.82, 2.24) is 0 Å². The first-order valence-corrected chi connectivity index (χ1v) is 15.1. The lowest BCUT2D eigenvalue weighted by Crippen LogP contribution is -2.42. The highest BCUT2D eigenvalue weighted by Crippen LogP contribution is 2.25. The van der Waals surface area contributed by atoms with Gasteiger partial charge in [0.15, 0.2) is 8.32 Å². The highest BCUT2D eigenvalue weighted by atomic mass is 28.4. The second kappa shape index (κ2) is 8.63. The molecule has 0 aliphatic heterocycles. The highest BCUT2D eigenvalue weighted by Gasteiger charge is 2.32. The Labute approximate surface area is 124 Å². The van der Waals surface area contributed by atoms with E-state index in [4.69, 9.17) is 4.43 Å². The van der Waals surface area contributed by atoms with Gasteiger partial charge in [0.2, 0.25) is 0 Å². The molecule has 0 rings (SSSR count). The standard InChI is InChI=1S/C16H38OSi2/c1-9-15(10-2)12-13-16(11-3)17-19(7,8)14-18(4,5)6/h15-16H,9-14H2,1-8H3. The van der Waals surface area contributed by atoms with Crippen LogP contribution in [0.4, 0.5) is 0 Å². The second-order valence-electron chi connectivity index (χ2n) is 7.91. The Kier molecular flexibility index (Phi) is 8.81. The van der Waals surface area contributed by atoms with Crippen LogP contribution < -0.4 is 0 Å². The first kappa shape index (κ1) is 19.4. The average molecular weight is 303 g/mol. The van der Waals surface area contributed by atoms with Gasteiger partial charge in [-0.1, -0.05) is 53.3 Å². The van der Waals surface area contributed by atoms with Crippen molar-refractivity contribution in [2.24, 2.45) is 5.92 Å². The Balaban J connectivity index is 4.31. The molecule has 3 heteroatoms. The van der Waals surface area contributed by atoms with Crippen LogP contribution in [0.15, 0.2) is 0 Å². The van der Waals surface area contributed by atoms with Gasteiger partial charge < -0.3 is 4.43 Å². The number of hydrogen-bond acceptors (Lipinski definition) is 1. The fourth-order valence-electron chi connectivity index (χ4n) is 3.23. The largest absolute Gasteiger partial charge is 0.415 e. The molecule has 1 unspecified atom stereocenters. The van der Waals surface area contributed by atoms with Gasteiger partial charge in [0.1, 0.15) is 0 Å². The van der Waals surface area contributed by atoms with Crippen molar-refractivity contribution in [3.05, 3.63) is 0 Å². The van der Waals surface area contributed by atoms with Crippen molar-refractivity contribution in [3.63, 3.8) is 0 Å². The van der Waals surface area contributed by atoms with E-state index < -0.39 is 16.4 Å². The summed E-state index contributed by atoms with van der Waals surface area (Å²) in [7, 11) is -2.45. The molecule has 0 saturated heterocycles. The van der Waals surface area contributed by atoms with Gasteiger partial charge in [-0.05, 0) is 43.9 Å². The van der Waals surface area contributed by atoms with E-state index in [1.54, 1.807) is 0 Å². The molecule has 0 aromatic carbocycles. The Morgan fingerprint density at radius 1 is 0.789 bits per heavy atom. The van der Waals surface area contributed by atoms with Crippen molar-refractivity contribution in [2.45, 2.75) is 97.4 Å². The van der Waals surface area contributed by atoms with Crippen LogP contribution in [0.3, 0.4) is 0 Å². The van der Waals surface area contributed by atoms with Crippen LogP contribution in [0.1, 0.15) is 52.9 Å². The Bertz CT molecular complexity index is 229. The zero-order chi connectivity index (χ0) is 15.1. The van der Waals surface area contributed by atoms with Crippen molar-refractivity contribution < 1.29 is 4.43 Å². The number of hydrogen-bond donors (Lipinski definition) is 0. The molecule has 0 bridgehead atoms. The first-order chi connectivity index (χ1) is 8.63. The van der Waals surface area contributed by atoms with Crippen molar-refractivity contribution in [2.75, 3.05) is 0 Å². The second-order valence-corrected chi connectivity index (χ2v) is 18.2. The Morgan fingerprint density at radius 3 is 1.68 bits per heavy atom. The summed E-state index contributed by atoms with van der Waals surface area (Å²) in [5.41, 5.74) is 1.39. The molecule has 19 heavy (non-hydrogen) atoms. The average Bonchev–Trinajstić information content (AvgIpc) is 2.25. The lowest BCUT2D eigenvalue weighted by molar-refractivity contribution is 0.166. The monoisotopic (exact) mass is 302 g/mol. The summed E-state index contributed by atoms with van der Waals surface area (Å²) in [5.74, 6) is 0.902. The lowest BCUT2D eigenvalue weighted by atomic mass is 9.95. The molecule has 0 aromatic heterocycles. The molecule has 0 amide bonds. The zero-order valence-corrected chi connectivity index (χ0v) is 16.8. The van der Waals surface area contributed by atoms with Crippen LogP contribution in [-0.2, 0) is 4.43 Å². The summed E-state index contributed by atoms with van der Waals surface area (Å²) >= 11 is 0. The maximum absolute atomic E-state index is 6.58. The molecule has 1 atom stereocenters. The third kappa shape index (κ3) is 9.86. The molecule has 1 nitrogen and oxygen atoms in total. The van der Waals surface area contributed by atoms with Gasteiger partial charge >= 0.3 is 0 Å². The molecular weight excluding hydrogens is 264 g/mol. The van der Waals surface area contributed by atoms with Gasteiger partial charge in [-0.15, -0.1) is 0 Å². The summed E-state index contributed by atoms with van der Waals surface area (Å²) < 4.78 is 6.58. The summed E-state index contributed by atoms with van der Waals surface area (Å²) in [5, 5.41) is 0. The lowest BCUT2D eigenvalue weighted by Gasteiger charge is -2.33.